The van der Waals surface area contributed by atoms with Gasteiger partial charge in [-0.1, -0.05) is 27.7 Å². The lowest BCUT2D eigenvalue weighted by atomic mass is 9.82. The van der Waals surface area contributed by atoms with Crippen LogP contribution in [0.5, 0.6) is 0 Å². The molecule has 0 rings (SSSR count). The van der Waals surface area contributed by atoms with Gasteiger partial charge in [0.1, 0.15) is 0 Å². The quantitative estimate of drug-likeness (QED) is 0.664. The van der Waals surface area contributed by atoms with Crippen molar-refractivity contribution in [1.29, 1.82) is 0 Å². The van der Waals surface area contributed by atoms with Gasteiger partial charge in [-0.15, -0.1) is 0 Å². The minimum atomic E-state index is -0.560. The summed E-state index contributed by atoms with van der Waals surface area (Å²) in [7, 11) is 0. The number of likely N-dealkylation sites (N-methyl/N-ethyl adjacent to an activating group) is 1. The fraction of sp³-hybridized carbons (Fsp3) is 1.00. The standard InChI is InChI=1S/C10H23NO/c1-6-10(12,8(3)4)9(5)11-7-2/h8-9,11-12H,6-7H2,1-5H3. The molecule has 2 nitrogen and oxygen atoms in total. The molecule has 0 aromatic carbocycles. The van der Waals surface area contributed by atoms with Crippen LogP contribution in [0.3, 0.4) is 0 Å². The van der Waals surface area contributed by atoms with Gasteiger partial charge in [0.05, 0.1) is 5.60 Å². The van der Waals surface area contributed by atoms with Gasteiger partial charge in [-0.3, -0.25) is 0 Å². The summed E-state index contributed by atoms with van der Waals surface area (Å²) >= 11 is 0. The second kappa shape index (κ2) is 4.83. The Morgan fingerprint density at radius 2 is 1.75 bits per heavy atom. The number of nitrogens with one attached hydrogen (secondary N) is 1. The topological polar surface area (TPSA) is 32.3 Å². The van der Waals surface area contributed by atoms with Crippen LogP contribution in [0.2, 0.25) is 0 Å². The first-order chi connectivity index (χ1) is 5.49. The van der Waals surface area contributed by atoms with Gasteiger partial charge in [-0.05, 0) is 25.8 Å². The molecule has 2 N–H and O–H groups in total. The molecule has 0 fully saturated rings. The molecule has 74 valence electrons. The molecule has 12 heavy (non-hydrogen) atoms. The minimum Gasteiger partial charge on any atom is -0.388 e. The van der Waals surface area contributed by atoms with Crippen LogP contribution in [-0.2, 0) is 0 Å². The Morgan fingerprint density at radius 1 is 1.25 bits per heavy atom. The van der Waals surface area contributed by atoms with E-state index < -0.39 is 5.60 Å². The predicted molar refractivity (Wildman–Crippen MR) is 53.2 cm³/mol. The zero-order valence-electron chi connectivity index (χ0n) is 9.02. The van der Waals surface area contributed by atoms with Gasteiger partial charge in [0.25, 0.3) is 0 Å². The van der Waals surface area contributed by atoms with E-state index in [-0.39, 0.29) is 6.04 Å². The number of aliphatic hydroxyl groups is 1. The summed E-state index contributed by atoms with van der Waals surface area (Å²) < 4.78 is 0. The van der Waals surface area contributed by atoms with Crippen molar-refractivity contribution in [1.82, 2.24) is 5.32 Å². The molecule has 0 radical (unpaired) electrons. The molecule has 2 unspecified atom stereocenters. The van der Waals surface area contributed by atoms with Crippen molar-refractivity contribution in [3.8, 4) is 0 Å². The van der Waals surface area contributed by atoms with Gasteiger partial charge >= 0.3 is 0 Å². The molecule has 0 aliphatic heterocycles. The normalized spacial score (nSPS) is 19.2. The molecule has 0 saturated carbocycles. The molecule has 0 bridgehead atoms. The summed E-state index contributed by atoms with van der Waals surface area (Å²) in [6.07, 6.45) is 0.804. The summed E-state index contributed by atoms with van der Waals surface area (Å²) in [6, 6.07) is 0.174. The molecule has 2 atom stereocenters. The Kier molecular flexibility index (Phi) is 4.80. The summed E-state index contributed by atoms with van der Waals surface area (Å²) in [5, 5.41) is 13.5. The molecular weight excluding hydrogens is 150 g/mol. The Balaban J connectivity index is 4.29. The highest BCUT2D eigenvalue weighted by atomic mass is 16.3. The first kappa shape index (κ1) is 11.9. The summed E-state index contributed by atoms with van der Waals surface area (Å²) in [5.41, 5.74) is -0.560. The molecule has 2 heteroatoms. The monoisotopic (exact) mass is 173 g/mol. The first-order valence-corrected chi connectivity index (χ1v) is 4.94. The van der Waals surface area contributed by atoms with Crippen LogP contribution in [0.25, 0.3) is 0 Å². The zero-order chi connectivity index (χ0) is 9.78. The zero-order valence-corrected chi connectivity index (χ0v) is 9.02. The summed E-state index contributed by atoms with van der Waals surface area (Å²) in [5.74, 6) is 0.302. The maximum Gasteiger partial charge on any atom is 0.0817 e. The Labute approximate surface area is 76.4 Å². The van der Waals surface area contributed by atoms with Gasteiger partial charge in [0, 0.05) is 6.04 Å². The van der Waals surface area contributed by atoms with Crippen LogP contribution in [0.1, 0.15) is 41.0 Å². The van der Waals surface area contributed by atoms with Crippen LogP contribution in [0.15, 0.2) is 0 Å². The van der Waals surface area contributed by atoms with E-state index in [4.69, 9.17) is 0 Å². The van der Waals surface area contributed by atoms with E-state index in [0.717, 1.165) is 13.0 Å². The molecule has 0 saturated heterocycles. The van der Waals surface area contributed by atoms with Gasteiger partial charge in [0.2, 0.25) is 0 Å². The van der Waals surface area contributed by atoms with Crippen LogP contribution in [-0.4, -0.2) is 23.3 Å². The number of hydrogen-bond donors (Lipinski definition) is 2. The highest BCUT2D eigenvalue weighted by molar-refractivity contribution is 4.89. The molecule has 0 amide bonds. The lowest BCUT2D eigenvalue weighted by Gasteiger charge is -2.37. The lowest BCUT2D eigenvalue weighted by Crippen LogP contribution is -2.52. The second-order valence-corrected chi connectivity index (χ2v) is 3.78. The van der Waals surface area contributed by atoms with Crippen molar-refractivity contribution in [2.24, 2.45) is 5.92 Å². The average molecular weight is 173 g/mol. The summed E-state index contributed by atoms with van der Waals surface area (Å²) in [4.78, 5) is 0. The lowest BCUT2D eigenvalue weighted by molar-refractivity contribution is -0.0372. The minimum absolute atomic E-state index is 0.174. The molecule has 0 aromatic rings. The Morgan fingerprint density at radius 3 is 2.00 bits per heavy atom. The third-order valence-electron chi connectivity index (χ3n) is 2.83. The van der Waals surface area contributed by atoms with Gasteiger partial charge in [-0.2, -0.15) is 0 Å². The third-order valence-corrected chi connectivity index (χ3v) is 2.83. The van der Waals surface area contributed by atoms with Crippen LogP contribution in [0.4, 0.5) is 0 Å². The highest BCUT2D eigenvalue weighted by Gasteiger charge is 2.34. The highest BCUT2D eigenvalue weighted by Crippen LogP contribution is 2.24. The van der Waals surface area contributed by atoms with Crippen molar-refractivity contribution < 1.29 is 5.11 Å². The van der Waals surface area contributed by atoms with E-state index in [1.807, 2.05) is 13.8 Å². The maximum atomic E-state index is 10.2. The van der Waals surface area contributed by atoms with Gasteiger partial charge in [-0.25, -0.2) is 0 Å². The van der Waals surface area contributed by atoms with E-state index >= 15 is 0 Å². The van der Waals surface area contributed by atoms with E-state index in [2.05, 4.69) is 26.1 Å². The molecular formula is C10H23NO. The van der Waals surface area contributed by atoms with Crippen LogP contribution >= 0.6 is 0 Å². The van der Waals surface area contributed by atoms with Crippen molar-refractivity contribution in [3.63, 3.8) is 0 Å². The maximum absolute atomic E-state index is 10.2. The third kappa shape index (κ3) is 2.46. The van der Waals surface area contributed by atoms with Crippen molar-refractivity contribution in [2.45, 2.75) is 52.7 Å². The van der Waals surface area contributed by atoms with E-state index in [1.54, 1.807) is 0 Å². The fourth-order valence-corrected chi connectivity index (χ4v) is 1.70. The van der Waals surface area contributed by atoms with Crippen LogP contribution in [0, 0.1) is 5.92 Å². The van der Waals surface area contributed by atoms with E-state index in [9.17, 15) is 5.11 Å². The first-order valence-electron chi connectivity index (χ1n) is 4.94. The fourth-order valence-electron chi connectivity index (χ4n) is 1.70. The van der Waals surface area contributed by atoms with Crippen molar-refractivity contribution in [3.05, 3.63) is 0 Å². The van der Waals surface area contributed by atoms with E-state index in [0.29, 0.717) is 5.92 Å². The van der Waals surface area contributed by atoms with Crippen LogP contribution < -0.4 is 5.32 Å². The largest absolute Gasteiger partial charge is 0.388 e. The Hall–Kier alpha value is -0.0800. The number of hydrogen-bond acceptors (Lipinski definition) is 2. The smallest absolute Gasteiger partial charge is 0.0817 e. The molecule has 0 spiro atoms. The van der Waals surface area contributed by atoms with E-state index in [1.165, 1.54) is 0 Å². The summed E-state index contributed by atoms with van der Waals surface area (Å²) in [6.45, 7) is 11.2. The van der Waals surface area contributed by atoms with Gasteiger partial charge < -0.3 is 10.4 Å². The number of rotatable bonds is 5. The van der Waals surface area contributed by atoms with Gasteiger partial charge in [0.15, 0.2) is 0 Å². The average Bonchev–Trinajstić information content (AvgIpc) is 2.03. The molecule has 0 heterocycles. The molecule has 0 aliphatic carbocycles. The van der Waals surface area contributed by atoms with Crippen molar-refractivity contribution >= 4 is 0 Å². The second-order valence-electron chi connectivity index (χ2n) is 3.78. The molecule has 0 aliphatic rings. The van der Waals surface area contributed by atoms with Crippen molar-refractivity contribution in [2.75, 3.05) is 6.54 Å². The predicted octanol–water partition coefficient (Wildman–Crippen LogP) is 1.78. The Bertz CT molecular complexity index is 125. The SMILES string of the molecule is CCNC(C)C(O)(CC)C(C)C. The molecule has 0 aromatic heterocycles.